The maximum absolute atomic E-state index is 11.2. The Morgan fingerprint density at radius 3 is 2.70 bits per heavy atom. The lowest BCUT2D eigenvalue weighted by molar-refractivity contribution is 0.0692. The van der Waals surface area contributed by atoms with Crippen molar-refractivity contribution in [2.75, 3.05) is 6.26 Å². The van der Waals surface area contributed by atoms with Gasteiger partial charge in [0.25, 0.3) is 0 Å². The Bertz CT molecular complexity index is 659. The highest BCUT2D eigenvalue weighted by atomic mass is 32.2. The van der Waals surface area contributed by atoms with Gasteiger partial charge in [-0.25, -0.2) is 9.78 Å². The molecule has 20 heavy (non-hydrogen) atoms. The predicted octanol–water partition coefficient (Wildman–Crippen LogP) is 3.31. The van der Waals surface area contributed by atoms with Gasteiger partial charge in [-0.15, -0.1) is 0 Å². The Hall–Kier alpha value is -2.08. The van der Waals surface area contributed by atoms with E-state index in [9.17, 15) is 4.79 Å². The minimum Gasteiger partial charge on any atom is -0.477 e. The van der Waals surface area contributed by atoms with E-state index in [4.69, 9.17) is 9.84 Å². The number of carboxylic acids is 1. The van der Waals surface area contributed by atoms with Gasteiger partial charge in [-0.2, -0.15) is 4.98 Å². The molecule has 0 saturated carbocycles. The zero-order valence-corrected chi connectivity index (χ0v) is 12.2. The lowest BCUT2D eigenvalue weighted by atomic mass is 10.1. The maximum Gasteiger partial charge on any atom is 0.342 e. The molecule has 0 unspecified atom stereocenters. The fourth-order valence-electron chi connectivity index (χ4n) is 1.69. The van der Waals surface area contributed by atoms with Crippen LogP contribution in [0.4, 0.5) is 0 Å². The molecule has 1 heterocycles. The molecule has 0 saturated heterocycles. The number of aromatic carboxylic acids is 1. The van der Waals surface area contributed by atoms with E-state index in [0.29, 0.717) is 10.9 Å². The van der Waals surface area contributed by atoms with Crippen molar-refractivity contribution in [3.63, 3.8) is 0 Å². The first-order valence-electron chi connectivity index (χ1n) is 5.90. The lowest BCUT2D eigenvalue weighted by Gasteiger charge is -2.10. The summed E-state index contributed by atoms with van der Waals surface area (Å²) in [6.07, 6.45) is 3.08. The molecule has 1 aromatic heterocycles. The van der Waals surface area contributed by atoms with Crippen molar-refractivity contribution in [3.05, 3.63) is 41.1 Å². The first-order valence-corrected chi connectivity index (χ1v) is 7.13. The number of hydrogen-bond acceptors (Lipinski definition) is 5. The fourth-order valence-corrected chi connectivity index (χ4v) is 2.02. The molecular weight excluding hydrogens is 276 g/mol. The van der Waals surface area contributed by atoms with Crippen LogP contribution in [0.15, 0.2) is 29.6 Å². The number of aromatic nitrogens is 2. The summed E-state index contributed by atoms with van der Waals surface area (Å²) in [7, 11) is 0. The number of hydrogen-bond donors (Lipinski definition) is 1. The molecule has 6 heteroatoms. The second kappa shape index (κ2) is 5.92. The van der Waals surface area contributed by atoms with Crippen LogP contribution in [0.3, 0.4) is 0 Å². The second-order valence-corrected chi connectivity index (χ2v) is 5.03. The monoisotopic (exact) mass is 290 g/mol. The number of carbonyl (C=O) groups is 1. The molecule has 0 aliphatic rings. The van der Waals surface area contributed by atoms with E-state index < -0.39 is 5.97 Å². The third-order valence-electron chi connectivity index (χ3n) is 2.68. The van der Waals surface area contributed by atoms with Crippen molar-refractivity contribution >= 4 is 17.7 Å². The number of carboxylic acid groups (broad SMARTS) is 1. The number of ether oxygens (including phenoxy) is 1. The minimum atomic E-state index is -1.11. The summed E-state index contributed by atoms with van der Waals surface area (Å²) >= 11 is 1.33. The van der Waals surface area contributed by atoms with Crippen LogP contribution in [-0.2, 0) is 0 Å². The summed E-state index contributed by atoms with van der Waals surface area (Å²) in [5.74, 6) is -0.468. The third kappa shape index (κ3) is 3.08. The van der Waals surface area contributed by atoms with E-state index in [1.54, 1.807) is 6.07 Å². The van der Waals surface area contributed by atoms with Crippen molar-refractivity contribution < 1.29 is 14.6 Å². The molecule has 1 aromatic carbocycles. The summed E-state index contributed by atoms with van der Waals surface area (Å²) in [5, 5.41) is 9.62. The largest absolute Gasteiger partial charge is 0.477 e. The molecule has 0 atom stereocenters. The molecule has 2 aromatic rings. The van der Waals surface area contributed by atoms with E-state index in [-0.39, 0.29) is 11.4 Å². The standard InChI is InChI=1S/C14H14N2O3S/c1-8-4-5-11(9(2)6-8)19-12-10(13(17)18)7-15-14(16-12)20-3/h4-7H,1-3H3,(H,17,18). The summed E-state index contributed by atoms with van der Waals surface area (Å²) in [5.41, 5.74) is 1.98. The van der Waals surface area contributed by atoms with Crippen LogP contribution in [0.5, 0.6) is 11.6 Å². The number of thioether (sulfide) groups is 1. The van der Waals surface area contributed by atoms with Crippen molar-refractivity contribution in [1.82, 2.24) is 9.97 Å². The van der Waals surface area contributed by atoms with Crippen LogP contribution in [0.1, 0.15) is 21.5 Å². The molecule has 5 nitrogen and oxygen atoms in total. The number of rotatable bonds is 4. The van der Waals surface area contributed by atoms with Crippen LogP contribution in [0.2, 0.25) is 0 Å². The summed E-state index contributed by atoms with van der Waals surface area (Å²) in [6, 6.07) is 5.67. The van der Waals surface area contributed by atoms with Crippen LogP contribution in [0, 0.1) is 13.8 Å². The van der Waals surface area contributed by atoms with Crippen LogP contribution in [0.25, 0.3) is 0 Å². The second-order valence-electron chi connectivity index (χ2n) is 4.25. The first kappa shape index (κ1) is 14.3. The van der Waals surface area contributed by atoms with Gasteiger partial charge in [0.05, 0.1) is 0 Å². The Labute approximate surface area is 121 Å². The molecule has 0 aliphatic carbocycles. The minimum absolute atomic E-state index is 0.0530. The van der Waals surface area contributed by atoms with Crippen molar-refractivity contribution in [3.8, 4) is 11.6 Å². The molecule has 0 fully saturated rings. The van der Waals surface area contributed by atoms with Gasteiger partial charge in [-0.1, -0.05) is 29.5 Å². The van der Waals surface area contributed by atoms with E-state index in [1.165, 1.54) is 18.0 Å². The average molecular weight is 290 g/mol. The predicted molar refractivity (Wildman–Crippen MR) is 76.8 cm³/mol. The Balaban J connectivity index is 2.43. The first-order chi connectivity index (χ1) is 9.51. The van der Waals surface area contributed by atoms with Crippen molar-refractivity contribution in [2.24, 2.45) is 0 Å². The van der Waals surface area contributed by atoms with E-state index in [2.05, 4.69) is 9.97 Å². The van der Waals surface area contributed by atoms with Crippen molar-refractivity contribution in [1.29, 1.82) is 0 Å². The highest BCUT2D eigenvalue weighted by Gasteiger charge is 2.16. The molecule has 0 radical (unpaired) electrons. The van der Waals surface area contributed by atoms with Crippen LogP contribution < -0.4 is 4.74 Å². The van der Waals surface area contributed by atoms with E-state index in [0.717, 1.165) is 11.1 Å². The van der Waals surface area contributed by atoms with Gasteiger partial charge < -0.3 is 9.84 Å². The molecule has 1 N–H and O–H groups in total. The fraction of sp³-hybridized carbons (Fsp3) is 0.214. The average Bonchev–Trinajstić information content (AvgIpc) is 2.41. The van der Waals surface area contributed by atoms with Gasteiger partial charge in [0.15, 0.2) is 5.16 Å². The summed E-state index contributed by atoms with van der Waals surface area (Å²) < 4.78 is 5.65. The summed E-state index contributed by atoms with van der Waals surface area (Å²) in [4.78, 5) is 19.3. The molecule has 0 amide bonds. The Kier molecular flexibility index (Phi) is 4.24. The lowest BCUT2D eigenvalue weighted by Crippen LogP contribution is -2.04. The molecule has 2 rings (SSSR count). The smallest absolute Gasteiger partial charge is 0.342 e. The number of benzene rings is 1. The normalized spacial score (nSPS) is 10.3. The maximum atomic E-state index is 11.2. The molecule has 0 bridgehead atoms. The Morgan fingerprint density at radius 1 is 1.35 bits per heavy atom. The van der Waals surface area contributed by atoms with Gasteiger partial charge in [-0.3, -0.25) is 0 Å². The van der Waals surface area contributed by atoms with Gasteiger partial charge in [0.2, 0.25) is 5.88 Å². The quantitative estimate of drug-likeness (QED) is 0.688. The van der Waals surface area contributed by atoms with Gasteiger partial charge in [0, 0.05) is 6.20 Å². The zero-order chi connectivity index (χ0) is 14.7. The van der Waals surface area contributed by atoms with E-state index in [1.807, 2.05) is 32.2 Å². The number of aryl methyl sites for hydroxylation is 2. The molecule has 104 valence electrons. The van der Waals surface area contributed by atoms with Crippen LogP contribution in [-0.4, -0.2) is 27.3 Å². The zero-order valence-electron chi connectivity index (χ0n) is 11.4. The molecule has 0 aliphatic heterocycles. The van der Waals surface area contributed by atoms with Gasteiger partial charge >= 0.3 is 5.97 Å². The highest BCUT2D eigenvalue weighted by Crippen LogP contribution is 2.27. The summed E-state index contributed by atoms with van der Waals surface area (Å²) in [6.45, 7) is 3.88. The highest BCUT2D eigenvalue weighted by molar-refractivity contribution is 7.98. The topological polar surface area (TPSA) is 72.3 Å². The third-order valence-corrected chi connectivity index (χ3v) is 3.24. The SMILES string of the molecule is CSc1ncc(C(=O)O)c(Oc2ccc(C)cc2C)n1. The number of nitrogens with zero attached hydrogens (tertiary/aromatic N) is 2. The van der Waals surface area contributed by atoms with Crippen LogP contribution >= 0.6 is 11.8 Å². The van der Waals surface area contributed by atoms with Crippen molar-refractivity contribution in [2.45, 2.75) is 19.0 Å². The van der Waals surface area contributed by atoms with E-state index >= 15 is 0 Å². The molecule has 0 spiro atoms. The molecular formula is C14H14N2O3S. The van der Waals surface area contributed by atoms with Gasteiger partial charge in [-0.05, 0) is 31.7 Å². The van der Waals surface area contributed by atoms with Gasteiger partial charge in [0.1, 0.15) is 11.3 Å². The Morgan fingerprint density at radius 2 is 2.10 bits per heavy atom.